The minimum atomic E-state index is -0.816. The highest BCUT2D eigenvalue weighted by atomic mass is 35.5. The number of anilines is 2. The fourth-order valence-electron chi connectivity index (χ4n) is 3.47. The van der Waals surface area contributed by atoms with Crippen LogP contribution in [0.3, 0.4) is 0 Å². The second-order valence-corrected chi connectivity index (χ2v) is 7.40. The van der Waals surface area contributed by atoms with Crippen LogP contribution in [0.25, 0.3) is 6.08 Å². The molecule has 0 spiro atoms. The van der Waals surface area contributed by atoms with Crippen molar-refractivity contribution in [1.29, 1.82) is 0 Å². The van der Waals surface area contributed by atoms with E-state index < -0.39 is 17.8 Å². The third kappa shape index (κ3) is 4.26. The molecule has 2 heterocycles. The van der Waals surface area contributed by atoms with Crippen molar-refractivity contribution in [3.8, 4) is 5.75 Å². The first-order valence-corrected chi connectivity index (χ1v) is 10.0. The van der Waals surface area contributed by atoms with E-state index in [0.29, 0.717) is 35.2 Å². The highest BCUT2D eigenvalue weighted by Crippen LogP contribution is 2.30. The molecule has 4 rings (SSSR count). The molecule has 2 fully saturated rings. The molecule has 8 nitrogen and oxygen atoms in total. The SMILES string of the molecule is COc1cc(N2CCOCC2)ccc1/C=C1\C(=O)NC(=O)N(c2ccc(Cl)cc2)C1=O. The van der Waals surface area contributed by atoms with Crippen molar-refractivity contribution in [2.75, 3.05) is 43.2 Å². The maximum Gasteiger partial charge on any atom is 0.335 e. The van der Waals surface area contributed by atoms with E-state index in [9.17, 15) is 14.4 Å². The molecule has 160 valence electrons. The summed E-state index contributed by atoms with van der Waals surface area (Å²) in [5.74, 6) is -0.984. The number of morpholine rings is 1. The monoisotopic (exact) mass is 441 g/mol. The Morgan fingerprint density at radius 1 is 1.03 bits per heavy atom. The van der Waals surface area contributed by atoms with Crippen molar-refractivity contribution in [2.24, 2.45) is 0 Å². The van der Waals surface area contributed by atoms with Crippen molar-refractivity contribution >= 4 is 46.9 Å². The van der Waals surface area contributed by atoms with E-state index in [-0.39, 0.29) is 5.57 Å². The number of imide groups is 2. The number of hydrogen-bond donors (Lipinski definition) is 1. The Hall–Kier alpha value is -3.36. The summed E-state index contributed by atoms with van der Waals surface area (Å²) >= 11 is 5.89. The summed E-state index contributed by atoms with van der Waals surface area (Å²) < 4.78 is 10.9. The minimum Gasteiger partial charge on any atom is -0.496 e. The molecule has 4 amide bonds. The smallest absolute Gasteiger partial charge is 0.335 e. The molecular formula is C22H20ClN3O5. The van der Waals surface area contributed by atoms with E-state index in [1.165, 1.54) is 25.3 Å². The maximum atomic E-state index is 13.0. The minimum absolute atomic E-state index is 0.174. The zero-order valence-corrected chi connectivity index (χ0v) is 17.5. The normalized spacial score (nSPS) is 18.4. The van der Waals surface area contributed by atoms with Gasteiger partial charge in [-0.2, -0.15) is 0 Å². The van der Waals surface area contributed by atoms with Gasteiger partial charge in [-0.15, -0.1) is 0 Å². The van der Waals surface area contributed by atoms with Crippen LogP contribution >= 0.6 is 11.6 Å². The molecule has 0 aliphatic carbocycles. The first-order chi connectivity index (χ1) is 15.0. The average molecular weight is 442 g/mol. The molecule has 0 radical (unpaired) electrons. The Labute approximate surface area is 184 Å². The standard InChI is InChI=1S/C22H20ClN3O5/c1-30-19-13-17(25-8-10-31-11-9-25)5-2-14(19)12-18-20(27)24-22(29)26(21(18)28)16-6-3-15(23)4-7-16/h2-7,12-13H,8-11H2,1H3,(H,24,27,29)/b18-12+. The topological polar surface area (TPSA) is 88.2 Å². The highest BCUT2D eigenvalue weighted by Gasteiger charge is 2.37. The predicted octanol–water partition coefficient (Wildman–Crippen LogP) is 2.85. The molecule has 0 bridgehead atoms. The Balaban J connectivity index is 1.67. The van der Waals surface area contributed by atoms with Gasteiger partial charge in [0.25, 0.3) is 11.8 Å². The summed E-state index contributed by atoms with van der Waals surface area (Å²) in [6.07, 6.45) is 1.43. The molecule has 2 aromatic rings. The molecule has 0 unspecified atom stereocenters. The Bertz CT molecular complexity index is 1060. The highest BCUT2D eigenvalue weighted by molar-refractivity contribution is 6.39. The van der Waals surface area contributed by atoms with Crippen LogP contribution in [-0.2, 0) is 14.3 Å². The van der Waals surface area contributed by atoms with Crippen LogP contribution in [0.2, 0.25) is 5.02 Å². The van der Waals surface area contributed by atoms with Gasteiger partial charge in [0.1, 0.15) is 11.3 Å². The van der Waals surface area contributed by atoms with Gasteiger partial charge in [-0.25, -0.2) is 9.69 Å². The number of rotatable bonds is 4. The number of ether oxygens (including phenoxy) is 2. The third-order valence-electron chi connectivity index (χ3n) is 5.08. The van der Waals surface area contributed by atoms with Gasteiger partial charge in [-0.3, -0.25) is 14.9 Å². The Kier molecular flexibility index (Phi) is 5.92. The quantitative estimate of drug-likeness (QED) is 0.580. The van der Waals surface area contributed by atoms with Gasteiger partial charge in [0.15, 0.2) is 0 Å². The number of nitrogens with zero attached hydrogens (tertiary/aromatic N) is 2. The summed E-state index contributed by atoms with van der Waals surface area (Å²) in [5.41, 5.74) is 1.63. The zero-order valence-electron chi connectivity index (χ0n) is 16.8. The summed E-state index contributed by atoms with van der Waals surface area (Å²) in [6.45, 7) is 2.83. The average Bonchev–Trinajstić information content (AvgIpc) is 2.78. The number of nitrogens with one attached hydrogen (secondary N) is 1. The van der Waals surface area contributed by atoms with Gasteiger partial charge in [0, 0.05) is 35.4 Å². The van der Waals surface area contributed by atoms with E-state index in [1.807, 2.05) is 12.1 Å². The predicted molar refractivity (Wildman–Crippen MR) is 116 cm³/mol. The first-order valence-electron chi connectivity index (χ1n) is 9.65. The van der Waals surface area contributed by atoms with Crippen LogP contribution < -0.4 is 19.9 Å². The molecule has 2 aliphatic rings. The van der Waals surface area contributed by atoms with E-state index in [2.05, 4.69) is 10.2 Å². The Morgan fingerprint density at radius 3 is 2.39 bits per heavy atom. The number of benzene rings is 2. The largest absolute Gasteiger partial charge is 0.496 e. The van der Waals surface area contributed by atoms with Crippen molar-refractivity contribution < 1.29 is 23.9 Å². The molecule has 0 atom stereocenters. The van der Waals surface area contributed by atoms with Crippen molar-refractivity contribution in [3.05, 3.63) is 58.6 Å². The lowest BCUT2D eigenvalue weighted by atomic mass is 10.1. The van der Waals surface area contributed by atoms with Gasteiger partial charge in [-0.1, -0.05) is 11.6 Å². The lowest BCUT2D eigenvalue weighted by Crippen LogP contribution is -2.54. The fourth-order valence-corrected chi connectivity index (χ4v) is 3.60. The number of methoxy groups -OCH3 is 1. The van der Waals surface area contributed by atoms with Gasteiger partial charge in [0.05, 0.1) is 26.0 Å². The van der Waals surface area contributed by atoms with Gasteiger partial charge >= 0.3 is 6.03 Å². The lowest BCUT2D eigenvalue weighted by Gasteiger charge is -2.29. The molecule has 31 heavy (non-hydrogen) atoms. The van der Waals surface area contributed by atoms with Crippen molar-refractivity contribution in [2.45, 2.75) is 0 Å². The van der Waals surface area contributed by atoms with Crippen LogP contribution in [0.4, 0.5) is 16.2 Å². The molecular weight excluding hydrogens is 422 g/mol. The summed E-state index contributed by atoms with van der Waals surface area (Å²) in [6, 6.07) is 10.9. The van der Waals surface area contributed by atoms with Crippen molar-refractivity contribution in [1.82, 2.24) is 5.32 Å². The third-order valence-corrected chi connectivity index (χ3v) is 5.33. The number of halogens is 1. The van der Waals surface area contributed by atoms with Crippen LogP contribution in [-0.4, -0.2) is 51.3 Å². The number of carbonyl (C=O) groups is 3. The fraction of sp³-hybridized carbons (Fsp3) is 0.227. The first kappa shape index (κ1) is 20.9. The second kappa shape index (κ2) is 8.79. The van der Waals surface area contributed by atoms with E-state index in [4.69, 9.17) is 21.1 Å². The van der Waals surface area contributed by atoms with Crippen molar-refractivity contribution in [3.63, 3.8) is 0 Å². The number of barbiturate groups is 1. The molecule has 2 aromatic carbocycles. The van der Waals surface area contributed by atoms with Crippen LogP contribution in [0.1, 0.15) is 5.56 Å². The number of urea groups is 1. The summed E-state index contributed by atoms with van der Waals surface area (Å²) in [7, 11) is 1.52. The van der Waals surface area contributed by atoms with E-state index in [0.717, 1.165) is 23.7 Å². The Morgan fingerprint density at radius 2 is 1.71 bits per heavy atom. The van der Waals surface area contributed by atoms with Gasteiger partial charge in [-0.05, 0) is 42.5 Å². The van der Waals surface area contributed by atoms with Crippen LogP contribution in [0.5, 0.6) is 5.75 Å². The van der Waals surface area contributed by atoms with Crippen LogP contribution in [0.15, 0.2) is 48.0 Å². The maximum absolute atomic E-state index is 13.0. The molecule has 1 N–H and O–H groups in total. The van der Waals surface area contributed by atoms with E-state index >= 15 is 0 Å². The molecule has 0 saturated carbocycles. The number of amides is 4. The molecule has 2 saturated heterocycles. The van der Waals surface area contributed by atoms with Crippen LogP contribution in [0, 0.1) is 0 Å². The van der Waals surface area contributed by atoms with Gasteiger partial charge in [0.2, 0.25) is 0 Å². The molecule has 0 aromatic heterocycles. The molecule has 9 heteroatoms. The van der Waals surface area contributed by atoms with Gasteiger partial charge < -0.3 is 14.4 Å². The number of carbonyl (C=O) groups excluding carboxylic acids is 3. The summed E-state index contributed by atoms with van der Waals surface area (Å²) in [4.78, 5) is 40.8. The second-order valence-electron chi connectivity index (χ2n) is 6.96. The van der Waals surface area contributed by atoms with E-state index in [1.54, 1.807) is 18.2 Å². The lowest BCUT2D eigenvalue weighted by molar-refractivity contribution is -0.122. The zero-order chi connectivity index (χ0) is 22.0. The number of hydrogen-bond acceptors (Lipinski definition) is 6. The molecule has 2 aliphatic heterocycles. The summed E-state index contributed by atoms with van der Waals surface area (Å²) in [5, 5.41) is 2.67.